The van der Waals surface area contributed by atoms with Gasteiger partial charge in [0.15, 0.2) is 0 Å². The van der Waals surface area contributed by atoms with Gasteiger partial charge in [-0.15, -0.1) is 0 Å². The number of carbonyl (C=O) groups excluding carboxylic acids is 1. The molecule has 4 unspecified atom stereocenters. The third-order valence-corrected chi connectivity index (χ3v) is 9.20. The van der Waals surface area contributed by atoms with Gasteiger partial charge in [0.25, 0.3) is 5.91 Å². The second-order valence-corrected chi connectivity index (χ2v) is 11.5. The summed E-state index contributed by atoms with van der Waals surface area (Å²) in [6.45, 7) is 7.19. The molecular weight excluding hydrogens is 529 g/mol. The smallest absolute Gasteiger partial charge is 0.256 e. The van der Waals surface area contributed by atoms with Crippen LogP contribution in [0.2, 0.25) is 0 Å². The van der Waals surface area contributed by atoms with Crippen LogP contribution in [0.1, 0.15) is 101 Å². The first-order chi connectivity index (χ1) is 16.5. The fraction of sp³-hybridized carbons (Fsp3) is 0.581. The number of rotatable bonds is 7. The predicted molar refractivity (Wildman–Crippen MR) is 154 cm³/mol. The molecule has 0 bridgehead atoms. The number of halogens is 1. The molecule has 1 aliphatic carbocycles. The lowest BCUT2D eigenvalue weighted by Gasteiger charge is -2.27. The summed E-state index contributed by atoms with van der Waals surface area (Å²) < 4.78 is 0.979. The highest BCUT2D eigenvalue weighted by Crippen LogP contribution is 2.36. The largest absolute Gasteiger partial charge is 0.322 e. The Kier molecular flexibility index (Phi) is 11.4. The van der Waals surface area contributed by atoms with Crippen LogP contribution in [0, 0.1) is 27.2 Å². The van der Waals surface area contributed by atoms with Gasteiger partial charge in [-0.1, -0.05) is 103 Å². The fourth-order valence-electron chi connectivity index (χ4n) is 6.20. The highest BCUT2D eigenvalue weighted by molar-refractivity contribution is 14.1. The van der Waals surface area contributed by atoms with Gasteiger partial charge in [0.2, 0.25) is 0 Å². The maximum atomic E-state index is 12.8. The maximum absolute atomic E-state index is 12.8. The molecule has 1 aliphatic rings. The molecule has 0 radical (unpaired) electrons. The van der Waals surface area contributed by atoms with Gasteiger partial charge in [0.1, 0.15) is 0 Å². The molecule has 0 aromatic heterocycles. The molecule has 3 rings (SSSR count). The van der Waals surface area contributed by atoms with Crippen LogP contribution in [0.3, 0.4) is 0 Å². The zero-order valence-corrected chi connectivity index (χ0v) is 23.7. The van der Waals surface area contributed by atoms with Crippen molar-refractivity contribution in [2.75, 3.05) is 5.32 Å². The van der Waals surface area contributed by atoms with Gasteiger partial charge in [-0.3, -0.25) is 4.79 Å². The molecule has 0 saturated heterocycles. The van der Waals surface area contributed by atoms with Gasteiger partial charge < -0.3 is 5.32 Å². The lowest BCUT2D eigenvalue weighted by molar-refractivity contribution is 0.102. The van der Waals surface area contributed by atoms with Crippen molar-refractivity contribution in [2.24, 2.45) is 23.7 Å². The summed E-state index contributed by atoms with van der Waals surface area (Å²) >= 11 is 2.23. The second kappa shape index (κ2) is 14.3. The molecule has 2 aromatic rings. The van der Waals surface area contributed by atoms with Gasteiger partial charge in [-0.25, -0.2) is 0 Å². The van der Waals surface area contributed by atoms with E-state index in [9.17, 15) is 4.79 Å². The first-order valence-electron chi connectivity index (χ1n) is 13.7. The van der Waals surface area contributed by atoms with Crippen LogP contribution in [-0.4, -0.2) is 5.91 Å². The molecule has 2 nitrogen and oxygen atoms in total. The molecule has 0 spiro atoms. The van der Waals surface area contributed by atoms with Crippen LogP contribution >= 0.6 is 22.6 Å². The normalized spacial score (nSPS) is 24.2. The van der Waals surface area contributed by atoms with Crippen LogP contribution in [0.15, 0.2) is 48.5 Å². The third kappa shape index (κ3) is 7.83. The van der Waals surface area contributed by atoms with Crippen LogP contribution in [0.25, 0.3) is 0 Å². The van der Waals surface area contributed by atoms with Crippen molar-refractivity contribution < 1.29 is 4.79 Å². The summed E-state index contributed by atoms with van der Waals surface area (Å²) in [7, 11) is 0. The summed E-state index contributed by atoms with van der Waals surface area (Å²) in [6.07, 6.45) is 14.8. The zero-order valence-electron chi connectivity index (χ0n) is 21.5. The molecule has 1 saturated carbocycles. The first kappa shape index (κ1) is 27.2. The Balaban J connectivity index is 1.68. The van der Waals surface area contributed by atoms with E-state index in [0.29, 0.717) is 0 Å². The van der Waals surface area contributed by atoms with Gasteiger partial charge in [-0.2, -0.15) is 0 Å². The zero-order chi connectivity index (χ0) is 24.3. The molecule has 34 heavy (non-hydrogen) atoms. The molecule has 0 aliphatic heterocycles. The van der Waals surface area contributed by atoms with Crippen molar-refractivity contribution in [1.29, 1.82) is 0 Å². The van der Waals surface area contributed by atoms with E-state index in [2.05, 4.69) is 66.9 Å². The number of amides is 1. The predicted octanol–water partition coefficient (Wildman–Crippen LogP) is 9.53. The monoisotopic (exact) mass is 573 g/mol. The molecule has 2 aromatic carbocycles. The number of benzene rings is 2. The van der Waals surface area contributed by atoms with Crippen molar-refractivity contribution in [1.82, 2.24) is 0 Å². The van der Waals surface area contributed by atoms with E-state index in [-0.39, 0.29) is 5.91 Å². The van der Waals surface area contributed by atoms with E-state index in [1.165, 1.54) is 69.8 Å². The molecule has 1 N–H and O–H groups in total. The second-order valence-electron chi connectivity index (χ2n) is 10.3. The molecule has 1 fully saturated rings. The Morgan fingerprint density at radius 2 is 1.38 bits per heavy atom. The van der Waals surface area contributed by atoms with Gasteiger partial charge in [0.05, 0.1) is 5.56 Å². The summed E-state index contributed by atoms with van der Waals surface area (Å²) in [5.74, 6) is 3.37. The van der Waals surface area contributed by atoms with E-state index >= 15 is 0 Å². The van der Waals surface area contributed by atoms with E-state index in [4.69, 9.17) is 0 Å². The molecule has 4 atom stereocenters. The number of hydrogen-bond donors (Lipinski definition) is 1. The summed E-state index contributed by atoms with van der Waals surface area (Å²) in [4.78, 5) is 12.8. The third-order valence-electron chi connectivity index (χ3n) is 8.26. The van der Waals surface area contributed by atoms with E-state index < -0.39 is 0 Å². The van der Waals surface area contributed by atoms with Crippen molar-refractivity contribution >= 4 is 34.2 Å². The number of carbonyl (C=O) groups is 1. The van der Waals surface area contributed by atoms with Crippen molar-refractivity contribution in [3.05, 3.63) is 63.2 Å². The molecule has 0 heterocycles. The van der Waals surface area contributed by atoms with Crippen LogP contribution < -0.4 is 5.32 Å². The number of hydrogen-bond acceptors (Lipinski definition) is 1. The summed E-state index contributed by atoms with van der Waals surface area (Å²) in [5, 5.41) is 3.13. The minimum Gasteiger partial charge on any atom is -0.322 e. The lowest BCUT2D eigenvalue weighted by Crippen LogP contribution is -2.18. The molecule has 186 valence electrons. The van der Waals surface area contributed by atoms with Gasteiger partial charge in [-0.05, 0) is 88.9 Å². The Bertz CT molecular complexity index is 895. The SMILES string of the molecule is CCC1CCCCC(Cc2cccc(NC(=O)c3ccccc3I)c2)C(CC)CCCC1CC. The Morgan fingerprint density at radius 1 is 0.794 bits per heavy atom. The maximum Gasteiger partial charge on any atom is 0.256 e. The van der Waals surface area contributed by atoms with Crippen molar-refractivity contribution in [3.63, 3.8) is 0 Å². The average Bonchev–Trinajstić information content (AvgIpc) is 2.88. The van der Waals surface area contributed by atoms with Crippen molar-refractivity contribution in [3.8, 4) is 0 Å². The Labute approximate surface area is 221 Å². The number of anilines is 1. The minimum absolute atomic E-state index is 0.0283. The first-order valence-corrected chi connectivity index (χ1v) is 14.8. The minimum atomic E-state index is -0.0283. The summed E-state index contributed by atoms with van der Waals surface area (Å²) in [6, 6.07) is 16.3. The van der Waals surface area contributed by atoms with Crippen LogP contribution in [-0.2, 0) is 6.42 Å². The number of nitrogens with one attached hydrogen (secondary N) is 1. The van der Waals surface area contributed by atoms with Gasteiger partial charge >= 0.3 is 0 Å². The lowest BCUT2D eigenvalue weighted by atomic mass is 9.78. The standard InChI is InChI=1S/C31H44INO/c1-4-24-14-7-8-15-27(26(6-3)17-12-16-25(24)5-2)21-23-13-11-18-28(22-23)33-31(34)29-19-9-10-20-30(29)32/h9-11,13,18-20,22,24-27H,4-8,12,14-17,21H2,1-3H3,(H,33,34). The van der Waals surface area contributed by atoms with E-state index in [1.54, 1.807) is 0 Å². The summed E-state index contributed by atoms with van der Waals surface area (Å²) in [5.41, 5.74) is 3.00. The average molecular weight is 574 g/mol. The fourth-order valence-corrected chi connectivity index (χ4v) is 6.83. The van der Waals surface area contributed by atoms with Crippen molar-refractivity contribution in [2.45, 2.75) is 91.4 Å². The quantitative estimate of drug-likeness (QED) is 0.329. The van der Waals surface area contributed by atoms with E-state index in [0.717, 1.165) is 44.9 Å². The topological polar surface area (TPSA) is 29.1 Å². The highest BCUT2D eigenvalue weighted by Gasteiger charge is 2.24. The Morgan fingerprint density at radius 3 is 2.03 bits per heavy atom. The van der Waals surface area contributed by atoms with E-state index in [1.807, 2.05) is 30.3 Å². The molecule has 3 heteroatoms. The highest BCUT2D eigenvalue weighted by atomic mass is 127. The van der Waals surface area contributed by atoms with Crippen LogP contribution in [0.5, 0.6) is 0 Å². The van der Waals surface area contributed by atoms with Crippen LogP contribution in [0.4, 0.5) is 5.69 Å². The Hall–Kier alpha value is -1.36. The molecular formula is C31H44INO. The molecule has 1 amide bonds. The van der Waals surface area contributed by atoms with Gasteiger partial charge in [0, 0.05) is 9.26 Å².